The van der Waals surface area contributed by atoms with E-state index in [9.17, 15) is 4.79 Å². The van der Waals surface area contributed by atoms with Crippen molar-refractivity contribution < 1.29 is 9.53 Å². The molecule has 1 aromatic heterocycles. The smallest absolute Gasteiger partial charge is 0.326 e. The van der Waals surface area contributed by atoms with Gasteiger partial charge < -0.3 is 10.1 Å². The fourth-order valence-electron chi connectivity index (χ4n) is 2.89. The minimum atomic E-state index is -0.557. The first-order valence-electron chi connectivity index (χ1n) is 6.99. The van der Waals surface area contributed by atoms with Crippen molar-refractivity contribution in [2.24, 2.45) is 0 Å². The average Bonchev–Trinajstić information content (AvgIpc) is 2.86. The van der Waals surface area contributed by atoms with Gasteiger partial charge in [0.05, 0.1) is 18.3 Å². The van der Waals surface area contributed by atoms with Crippen LogP contribution in [0.15, 0.2) is 12.3 Å². The SMILES string of the molecule is CCOC(=O)C1(NC)CCCC(n2ccc(C)n2)C1. The summed E-state index contributed by atoms with van der Waals surface area (Å²) in [5.74, 6) is -0.133. The Morgan fingerprint density at radius 2 is 2.47 bits per heavy atom. The maximum atomic E-state index is 12.2. The lowest BCUT2D eigenvalue weighted by Crippen LogP contribution is -2.54. The Labute approximate surface area is 114 Å². The second kappa shape index (κ2) is 5.74. The van der Waals surface area contributed by atoms with Gasteiger partial charge in [-0.1, -0.05) is 0 Å². The largest absolute Gasteiger partial charge is 0.465 e. The number of aryl methyl sites for hydroxylation is 1. The summed E-state index contributed by atoms with van der Waals surface area (Å²) in [6.45, 7) is 4.25. The fraction of sp³-hybridized carbons (Fsp3) is 0.714. The Hall–Kier alpha value is -1.36. The van der Waals surface area contributed by atoms with E-state index in [1.165, 1.54) is 0 Å². The summed E-state index contributed by atoms with van der Waals surface area (Å²) in [4.78, 5) is 12.2. The van der Waals surface area contributed by atoms with Gasteiger partial charge in [-0.15, -0.1) is 0 Å². The first kappa shape index (κ1) is 14.1. The summed E-state index contributed by atoms with van der Waals surface area (Å²) in [7, 11) is 1.84. The molecular formula is C14H23N3O2. The van der Waals surface area contributed by atoms with Gasteiger partial charge in [0, 0.05) is 6.20 Å². The minimum Gasteiger partial charge on any atom is -0.465 e. The van der Waals surface area contributed by atoms with Crippen molar-refractivity contribution in [2.45, 2.75) is 51.1 Å². The molecule has 1 saturated carbocycles. The Kier molecular flexibility index (Phi) is 4.24. The number of hydrogen-bond donors (Lipinski definition) is 1. The van der Waals surface area contributed by atoms with Gasteiger partial charge in [-0.2, -0.15) is 5.10 Å². The van der Waals surface area contributed by atoms with Gasteiger partial charge in [-0.05, 0) is 52.6 Å². The first-order chi connectivity index (χ1) is 9.11. The van der Waals surface area contributed by atoms with Gasteiger partial charge in [0.25, 0.3) is 0 Å². The zero-order valence-corrected chi connectivity index (χ0v) is 12.0. The number of rotatable bonds is 4. The summed E-state index contributed by atoms with van der Waals surface area (Å²) in [6, 6.07) is 2.26. The molecule has 0 radical (unpaired) electrons. The standard InChI is InChI=1S/C14H23N3O2/c1-4-19-13(18)14(15-3)8-5-6-12(10-14)17-9-7-11(2)16-17/h7,9,12,15H,4-6,8,10H2,1-3H3. The highest BCUT2D eigenvalue weighted by molar-refractivity contribution is 5.81. The third-order valence-corrected chi connectivity index (χ3v) is 3.99. The van der Waals surface area contributed by atoms with Crippen LogP contribution in [0, 0.1) is 6.92 Å². The molecule has 1 fully saturated rings. The molecule has 2 unspecified atom stereocenters. The van der Waals surface area contributed by atoms with Gasteiger partial charge in [-0.25, -0.2) is 0 Å². The summed E-state index contributed by atoms with van der Waals surface area (Å²) in [5, 5.41) is 7.67. The van der Waals surface area contributed by atoms with E-state index in [0.717, 1.165) is 31.4 Å². The van der Waals surface area contributed by atoms with Crippen molar-refractivity contribution in [3.05, 3.63) is 18.0 Å². The zero-order valence-electron chi connectivity index (χ0n) is 12.0. The molecular weight excluding hydrogens is 242 g/mol. The number of aromatic nitrogens is 2. The predicted molar refractivity (Wildman–Crippen MR) is 72.9 cm³/mol. The molecule has 0 saturated heterocycles. The van der Waals surface area contributed by atoms with Crippen molar-refractivity contribution in [2.75, 3.05) is 13.7 Å². The summed E-state index contributed by atoms with van der Waals surface area (Å²) < 4.78 is 7.22. The van der Waals surface area contributed by atoms with Gasteiger partial charge in [0.15, 0.2) is 0 Å². The van der Waals surface area contributed by atoms with Gasteiger partial charge in [0.1, 0.15) is 5.54 Å². The van der Waals surface area contributed by atoms with E-state index in [4.69, 9.17) is 4.74 Å². The normalized spacial score (nSPS) is 27.2. The molecule has 0 amide bonds. The van der Waals surface area contributed by atoms with Crippen LogP contribution in [0.2, 0.25) is 0 Å². The van der Waals surface area contributed by atoms with Crippen LogP contribution in [0.1, 0.15) is 44.3 Å². The Bertz CT molecular complexity index is 444. The molecule has 106 valence electrons. The zero-order chi connectivity index (χ0) is 13.9. The topological polar surface area (TPSA) is 56.1 Å². The molecule has 1 N–H and O–H groups in total. The quantitative estimate of drug-likeness (QED) is 0.844. The molecule has 5 nitrogen and oxygen atoms in total. The highest BCUT2D eigenvalue weighted by Crippen LogP contribution is 2.36. The first-order valence-corrected chi connectivity index (χ1v) is 6.99. The van der Waals surface area contributed by atoms with Crippen molar-refractivity contribution >= 4 is 5.97 Å². The van der Waals surface area contributed by atoms with Crippen LogP contribution in [0.25, 0.3) is 0 Å². The van der Waals surface area contributed by atoms with E-state index >= 15 is 0 Å². The molecule has 0 bridgehead atoms. The van der Waals surface area contributed by atoms with Gasteiger partial charge in [0.2, 0.25) is 0 Å². The molecule has 0 spiro atoms. The van der Waals surface area contributed by atoms with E-state index in [1.54, 1.807) is 0 Å². The van der Waals surface area contributed by atoms with E-state index in [2.05, 4.69) is 10.4 Å². The number of likely N-dealkylation sites (N-methyl/N-ethyl adjacent to an activating group) is 1. The van der Waals surface area contributed by atoms with E-state index in [1.807, 2.05) is 37.8 Å². The third-order valence-electron chi connectivity index (χ3n) is 3.99. The summed E-state index contributed by atoms with van der Waals surface area (Å²) >= 11 is 0. The third kappa shape index (κ3) is 2.81. The van der Waals surface area contributed by atoms with Crippen LogP contribution in [0.5, 0.6) is 0 Å². The summed E-state index contributed by atoms with van der Waals surface area (Å²) in [5.41, 5.74) is 0.454. The lowest BCUT2D eigenvalue weighted by molar-refractivity contribution is -0.153. The van der Waals surface area contributed by atoms with Crippen LogP contribution >= 0.6 is 0 Å². The maximum Gasteiger partial charge on any atom is 0.326 e. The lowest BCUT2D eigenvalue weighted by Gasteiger charge is -2.38. The number of nitrogens with zero attached hydrogens (tertiary/aromatic N) is 2. The number of nitrogens with one attached hydrogen (secondary N) is 1. The van der Waals surface area contributed by atoms with Crippen LogP contribution in [0.3, 0.4) is 0 Å². The highest BCUT2D eigenvalue weighted by Gasteiger charge is 2.43. The minimum absolute atomic E-state index is 0.133. The number of hydrogen-bond acceptors (Lipinski definition) is 4. The molecule has 1 aromatic rings. The maximum absolute atomic E-state index is 12.2. The van der Waals surface area contributed by atoms with E-state index in [-0.39, 0.29) is 12.0 Å². The Morgan fingerprint density at radius 1 is 1.68 bits per heavy atom. The molecule has 0 aromatic carbocycles. The molecule has 1 aliphatic carbocycles. The monoisotopic (exact) mass is 265 g/mol. The van der Waals surface area contributed by atoms with Crippen LogP contribution in [-0.4, -0.2) is 34.9 Å². The molecule has 5 heteroatoms. The predicted octanol–water partition coefficient (Wildman–Crippen LogP) is 1.83. The lowest BCUT2D eigenvalue weighted by atomic mass is 9.79. The Balaban J connectivity index is 2.16. The average molecular weight is 265 g/mol. The second-order valence-electron chi connectivity index (χ2n) is 5.24. The molecule has 2 rings (SSSR count). The van der Waals surface area contributed by atoms with Gasteiger partial charge in [-0.3, -0.25) is 9.48 Å². The second-order valence-corrected chi connectivity index (χ2v) is 5.24. The number of carbonyl (C=O) groups excluding carboxylic acids is 1. The molecule has 1 heterocycles. The van der Waals surface area contributed by atoms with E-state index in [0.29, 0.717) is 6.61 Å². The van der Waals surface area contributed by atoms with Crippen LogP contribution in [-0.2, 0) is 9.53 Å². The van der Waals surface area contributed by atoms with Gasteiger partial charge >= 0.3 is 5.97 Å². The number of ether oxygens (including phenoxy) is 1. The number of esters is 1. The molecule has 2 atom stereocenters. The summed E-state index contributed by atoms with van der Waals surface area (Å²) in [6.07, 6.45) is 5.63. The van der Waals surface area contributed by atoms with E-state index < -0.39 is 5.54 Å². The Morgan fingerprint density at radius 3 is 3.05 bits per heavy atom. The highest BCUT2D eigenvalue weighted by atomic mass is 16.5. The van der Waals surface area contributed by atoms with Crippen LogP contribution in [0.4, 0.5) is 0 Å². The number of carbonyl (C=O) groups is 1. The molecule has 0 aliphatic heterocycles. The van der Waals surface area contributed by atoms with Crippen molar-refractivity contribution in [3.8, 4) is 0 Å². The molecule has 1 aliphatic rings. The van der Waals surface area contributed by atoms with Crippen LogP contribution < -0.4 is 5.32 Å². The van der Waals surface area contributed by atoms with Crippen molar-refractivity contribution in [1.29, 1.82) is 0 Å². The van der Waals surface area contributed by atoms with Crippen molar-refractivity contribution in [1.82, 2.24) is 15.1 Å². The fourth-order valence-corrected chi connectivity index (χ4v) is 2.89. The molecule has 19 heavy (non-hydrogen) atoms. The van der Waals surface area contributed by atoms with Crippen molar-refractivity contribution in [3.63, 3.8) is 0 Å².